The van der Waals surface area contributed by atoms with Crippen molar-refractivity contribution in [1.29, 1.82) is 0 Å². The molecule has 0 aromatic heterocycles. The van der Waals surface area contributed by atoms with Gasteiger partial charge >= 0.3 is 0 Å². The van der Waals surface area contributed by atoms with Crippen molar-refractivity contribution < 1.29 is 14.6 Å². The van der Waals surface area contributed by atoms with Gasteiger partial charge in [0.1, 0.15) is 0 Å². The Kier molecular flexibility index (Phi) is 5.64. The fraction of sp³-hybridized carbons (Fsp3) is 0.211. The van der Waals surface area contributed by atoms with Crippen LogP contribution in [-0.2, 0) is 4.79 Å². The van der Waals surface area contributed by atoms with Gasteiger partial charge in [-0.15, -0.1) is 0 Å². The number of non-ortho nitro benzene ring substituents is 2. The number of anilines is 1. The zero-order chi connectivity index (χ0) is 20.1. The lowest BCUT2D eigenvalue weighted by molar-refractivity contribution is -0.385. The number of nitro benzene ring substituents is 2. The van der Waals surface area contributed by atoms with Gasteiger partial charge in [0.25, 0.3) is 11.4 Å². The largest absolute Gasteiger partial charge is 0.368 e. The van der Waals surface area contributed by atoms with E-state index in [-0.39, 0.29) is 17.3 Å². The van der Waals surface area contributed by atoms with Gasteiger partial charge in [-0.25, -0.2) is 0 Å². The molecule has 0 bridgehead atoms. The van der Waals surface area contributed by atoms with Crippen LogP contribution in [0.2, 0.25) is 0 Å². The van der Waals surface area contributed by atoms with Gasteiger partial charge in [-0.1, -0.05) is 12.1 Å². The van der Waals surface area contributed by atoms with Crippen LogP contribution in [0.3, 0.4) is 0 Å². The first-order chi connectivity index (χ1) is 13.4. The first kappa shape index (κ1) is 19.0. The van der Waals surface area contributed by atoms with E-state index in [1.807, 2.05) is 0 Å². The molecule has 0 spiro atoms. The summed E-state index contributed by atoms with van der Waals surface area (Å²) >= 11 is 0. The van der Waals surface area contributed by atoms with Crippen molar-refractivity contribution in [3.05, 3.63) is 80.4 Å². The summed E-state index contributed by atoms with van der Waals surface area (Å²) in [6.07, 6.45) is 2.98. The Hall–Kier alpha value is -3.75. The highest BCUT2D eigenvalue weighted by Gasteiger charge is 2.20. The van der Waals surface area contributed by atoms with Crippen LogP contribution in [0.5, 0.6) is 0 Å². The molecule has 0 saturated carbocycles. The van der Waals surface area contributed by atoms with Gasteiger partial charge in [-0.3, -0.25) is 25.0 Å². The van der Waals surface area contributed by atoms with Gasteiger partial charge in [-0.2, -0.15) is 0 Å². The van der Waals surface area contributed by atoms with Crippen LogP contribution in [0.25, 0.3) is 6.08 Å². The van der Waals surface area contributed by atoms with E-state index < -0.39 is 9.85 Å². The Morgan fingerprint density at radius 1 is 0.893 bits per heavy atom. The molecule has 1 heterocycles. The fourth-order valence-electron chi connectivity index (χ4n) is 2.99. The summed E-state index contributed by atoms with van der Waals surface area (Å²) in [5.41, 5.74) is 1.49. The highest BCUT2D eigenvalue weighted by atomic mass is 16.6. The summed E-state index contributed by atoms with van der Waals surface area (Å²) in [5, 5.41) is 21.5. The van der Waals surface area contributed by atoms with Crippen LogP contribution < -0.4 is 4.90 Å². The predicted octanol–water partition coefficient (Wildman–Crippen LogP) is 2.87. The molecule has 1 aliphatic heterocycles. The SMILES string of the molecule is O=C(C=Cc1cccc([N+](=O)[O-])c1)N1CCN(c2ccc([N+](=O)[O-])cc2)CC1. The van der Waals surface area contributed by atoms with E-state index >= 15 is 0 Å². The minimum atomic E-state index is -0.476. The Morgan fingerprint density at radius 3 is 2.14 bits per heavy atom. The zero-order valence-corrected chi connectivity index (χ0v) is 14.9. The molecule has 144 valence electrons. The van der Waals surface area contributed by atoms with Gasteiger partial charge in [0.15, 0.2) is 0 Å². The molecule has 2 aromatic carbocycles. The lowest BCUT2D eigenvalue weighted by atomic mass is 10.2. The molecule has 1 aliphatic rings. The van der Waals surface area contributed by atoms with Gasteiger partial charge < -0.3 is 9.80 Å². The third-order valence-electron chi connectivity index (χ3n) is 4.52. The molecule has 9 heteroatoms. The molecule has 3 rings (SSSR count). The van der Waals surface area contributed by atoms with Crippen molar-refractivity contribution in [3.8, 4) is 0 Å². The summed E-state index contributed by atoms with van der Waals surface area (Å²) in [6.45, 7) is 2.28. The number of benzene rings is 2. The van der Waals surface area contributed by atoms with Crippen LogP contribution in [0, 0.1) is 20.2 Å². The Labute approximate surface area is 160 Å². The minimum Gasteiger partial charge on any atom is -0.368 e. The highest BCUT2D eigenvalue weighted by molar-refractivity contribution is 5.92. The normalized spacial score (nSPS) is 14.3. The quantitative estimate of drug-likeness (QED) is 0.447. The monoisotopic (exact) mass is 382 g/mol. The maximum atomic E-state index is 12.4. The van der Waals surface area contributed by atoms with Crippen LogP contribution in [0.4, 0.5) is 17.1 Å². The molecule has 0 N–H and O–H groups in total. The number of carbonyl (C=O) groups excluding carboxylic acids is 1. The average molecular weight is 382 g/mol. The molecule has 2 aromatic rings. The second-order valence-corrected chi connectivity index (χ2v) is 6.27. The van der Waals surface area contributed by atoms with E-state index in [2.05, 4.69) is 4.90 Å². The summed E-state index contributed by atoms with van der Waals surface area (Å²) in [7, 11) is 0. The summed E-state index contributed by atoms with van der Waals surface area (Å²) < 4.78 is 0. The van der Waals surface area contributed by atoms with E-state index in [0.717, 1.165) is 5.69 Å². The number of nitrogens with zero attached hydrogens (tertiary/aromatic N) is 4. The predicted molar refractivity (Wildman–Crippen MR) is 104 cm³/mol. The van der Waals surface area contributed by atoms with E-state index in [1.54, 1.807) is 35.2 Å². The zero-order valence-electron chi connectivity index (χ0n) is 14.9. The van der Waals surface area contributed by atoms with Gasteiger partial charge in [-0.05, 0) is 23.8 Å². The molecular formula is C19H18N4O5. The summed E-state index contributed by atoms with van der Waals surface area (Å²) in [5.74, 6) is -0.158. The van der Waals surface area contributed by atoms with Crippen molar-refractivity contribution in [2.75, 3.05) is 31.1 Å². The second kappa shape index (κ2) is 8.30. The number of piperazine rings is 1. The number of hydrogen-bond acceptors (Lipinski definition) is 6. The molecule has 0 atom stereocenters. The molecule has 0 unspecified atom stereocenters. The second-order valence-electron chi connectivity index (χ2n) is 6.27. The number of hydrogen-bond donors (Lipinski definition) is 0. The summed E-state index contributed by atoms with van der Waals surface area (Å²) in [6, 6.07) is 12.4. The molecule has 1 fully saturated rings. The smallest absolute Gasteiger partial charge is 0.270 e. The minimum absolute atomic E-state index is 0.0219. The first-order valence-electron chi connectivity index (χ1n) is 8.65. The number of rotatable bonds is 5. The van der Waals surface area contributed by atoms with E-state index in [0.29, 0.717) is 31.7 Å². The number of carbonyl (C=O) groups is 1. The van der Waals surface area contributed by atoms with Crippen LogP contribution >= 0.6 is 0 Å². The first-order valence-corrected chi connectivity index (χ1v) is 8.65. The van der Waals surface area contributed by atoms with Gasteiger partial charge in [0.2, 0.25) is 5.91 Å². The third-order valence-corrected chi connectivity index (χ3v) is 4.52. The average Bonchev–Trinajstić information content (AvgIpc) is 2.72. The molecule has 9 nitrogen and oxygen atoms in total. The molecule has 0 radical (unpaired) electrons. The van der Waals surface area contributed by atoms with Gasteiger partial charge in [0.05, 0.1) is 9.85 Å². The standard InChI is InChI=1S/C19H18N4O5/c24-19(9-4-15-2-1-3-18(14-15)23(27)28)21-12-10-20(11-13-21)16-5-7-17(8-6-16)22(25)26/h1-9,14H,10-13H2. The molecule has 28 heavy (non-hydrogen) atoms. The summed E-state index contributed by atoms with van der Waals surface area (Å²) in [4.78, 5) is 36.8. The lowest BCUT2D eigenvalue weighted by Gasteiger charge is -2.35. The van der Waals surface area contributed by atoms with Crippen molar-refractivity contribution in [3.63, 3.8) is 0 Å². The van der Waals surface area contributed by atoms with E-state index in [9.17, 15) is 25.0 Å². The number of nitro groups is 2. The van der Waals surface area contributed by atoms with Crippen LogP contribution in [0.15, 0.2) is 54.6 Å². The van der Waals surface area contributed by atoms with Gasteiger partial charge in [0, 0.05) is 62.2 Å². The Bertz CT molecular complexity index is 918. The maximum absolute atomic E-state index is 12.4. The fourth-order valence-corrected chi connectivity index (χ4v) is 2.99. The van der Waals surface area contributed by atoms with E-state index in [4.69, 9.17) is 0 Å². The van der Waals surface area contributed by atoms with Crippen molar-refractivity contribution in [1.82, 2.24) is 4.90 Å². The molecule has 1 saturated heterocycles. The van der Waals surface area contributed by atoms with Crippen molar-refractivity contribution in [2.24, 2.45) is 0 Å². The van der Waals surface area contributed by atoms with Crippen molar-refractivity contribution >= 4 is 29.0 Å². The molecule has 1 amide bonds. The van der Waals surface area contributed by atoms with Crippen molar-refractivity contribution in [2.45, 2.75) is 0 Å². The maximum Gasteiger partial charge on any atom is 0.270 e. The Morgan fingerprint density at radius 2 is 1.54 bits per heavy atom. The van der Waals surface area contributed by atoms with Crippen LogP contribution in [-0.4, -0.2) is 46.8 Å². The number of amides is 1. The Balaban J connectivity index is 1.57. The molecule has 0 aliphatic carbocycles. The van der Waals surface area contributed by atoms with Crippen LogP contribution in [0.1, 0.15) is 5.56 Å². The molecular weight excluding hydrogens is 364 g/mol. The lowest BCUT2D eigenvalue weighted by Crippen LogP contribution is -2.48. The topological polar surface area (TPSA) is 110 Å². The third kappa shape index (κ3) is 4.50. The highest BCUT2D eigenvalue weighted by Crippen LogP contribution is 2.21. The van der Waals surface area contributed by atoms with E-state index in [1.165, 1.54) is 30.3 Å².